The Bertz CT molecular complexity index is 558. The molecule has 0 amide bonds. The summed E-state index contributed by atoms with van der Waals surface area (Å²) in [5.41, 5.74) is 4.48. The fourth-order valence-electron chi connectivity index (χ4n) is 2.09. The predicted octanol–water partition coefficient (Wildman–Crippen LogP) is 4.06. The van der Waals surface area contributed by atoms with Crippen molar-refractivity contribution in [3.05, 3.63) is 65.2 Å². The van der Waals surface area contributed by atoms with Crippen LogP contribution in [0.5, 0.6) is 0 Å². The van der Waals surface area contributed by atoms with Gasteiger partial charge in [-0.25, -0.2) is 0 Å². The Balaban J connectivity index is 2.04. The van der Waals surface area contributed by atoms with Crippen molar-refractivity contribution in [3.8, 4) is 0 Å². The molecule has 0 fully saturated rings. The monoisotopic (exact) mass is 253 g/mol. The Morgan fingerprint density at radius 3 is 2.21 bits per heavy atom. The number of hydrogen-bond acceptors (Lipinski definition) is 2. The number of nitrogens with one attached hydrogen (secondary N) is 1. The fraction of sp³-hybridized carbons (Fsp3) is 0.235. The first-order valence-corrected chi connectivity index (χ1v) is 6.62. The Morgan fingerprint density at radius 2 is 1.63 bits per heavy atom. The van der Waals surface area contributed by atoms with Gasteiger partial charge in [0, 0.05) is 17.8 Å². The van der Waals surface area contributed by atoms with Gasteiger partial charge in [-0.3, -0.25) is 4.79 Å². The highest BCUT2D eigenvalue weighted by Gasteiger charge is 2.01. The number of ketones is 1. The third-order valence-electron chi connectivity index (χ3n) is 3.27. The van der Waals surface area contributed by atoms with E-state index in [1.807, 2.05) is 24.3 Å². The SMILES string of the molecule is CCc1ccccc1CNc1ccc(C(C)=O)cc1. The second-order valence-corrected chi connectivity index (χ2v) is 4.61. The highest BCUT2D eigenvalue weighted by atomic mass is 16.1. The quantitative estimate of drug-likeness (QED) is 0.814. The van der Waals surface area contributed by atoms with Crippen LogP contribution in [-0.2, 0) is 13.0 Å². The van der Waals surface area contributed by atoms with Gasteiger partial charge in [0.15, 0.2) is 5.78 Å². The Labute approximate surface area is 114 Å². The number of hydrogen-bond donors (Lipinski definition) is 1. The van der Waals surface area contributed by atoms with E-state index in [1.54, 1.807) is 6.92 Å². The van der Waals surface area contributed by atoms with Gasteiger partial charge in [0.05, 0.1) is 0 Å². The van der Waals surface area contributed by atoms with Gasteiger partial charge < -0.3 is 5.32 Å². The molecule has 0 aliphatic rings. The molecule has 0 bridgehead atoms. The van der Waals surface area contributed by atoms with Crippen molar-refractivity contribution in [2.75, 3.05) is 5.32 Å². The van der Waals surface area contributed by atoms with Gasteiger partial charge in [-0.1, -0.05) is 31.2 Å². The normalized spacial score (nSPS) is 10.2. The highest BCUT2D eigenvalue weighted by Crippen LogP contribution is 2.14. The van der Waals surface area contributed by atoms with Crippen LogP contribution in [0, 0.1) is 0 Å². The zero-order chi connectivity index (χ0) is 13.7. The van der Waals surface area contributed by atoms with Gasteiger partial charge >= 0.3 is 0 Å². The van der Waals surface area contributed by atoms with Gasteiger partial charge in [0.2, 0.25) is 0 Å². The minimum atomic E-state index is 0.0999. The van der Waals surface area contributed by atoms with E-state index in [0.717, 1.165) is 24.2 Å². The molecule has 2 nitrogen and oxygen atoms in total. The Hall–Kier alpha value is -2.09. The maximum absolute atomic E-state index is 11.2. The molecule has 2 rings (SSSR count). The summed E-state index contributed by atoms with van der Waals surface area (Å²) >= 11 is 0. The third-order valence-corrected chi connectivity index (χ3v) is 3.27. The van der Waals surface area contributed by atoms with Crippen LogP contribution in [-0.4, -0.2) is 5.78 Å². The van der Waals surface area contributed by atoms with Gasteiger partial charge in [0.1, 0.15) is 0 Å². The van der Waals surface area contributed by atoms with Crippen molar-refractivity contribution >= 4 is 11.5 Å². The predicted molar refractivity (Wildman–Crippen MR) is 79.6 cm³/mol. The summed E-state index contributed by atoms with van der Waals surface area (Å²) in [5.74, 6) is 0.0999. The smallest absolute Gasteiger partial charge is 0.159 e. The molecule has 0 atom stereocenters. The lowest BCUT2D eigenvalue weighted by Gasteiger charge is -2.10. The number of rotatable bonds is 5. The third kappa shape index (κ3) is 3.44. The molecular formula is C17H19NO. The lowest BCUT2D eigenvalue weighted by Crippen LogP contribution is -2.02. The standard InChI is InChI=1S/C17H19NO/c1-3-14-6-4-5-7-16(14)12-18-17-10-8-15(9-11-17)13(2)19/h4-11,18H,3,12H2,1-2H3. The Kier molecular flexibility index (Phi) is 4.35. The lowest BCUT2D eigenvalue weighted by atomic mass is 10.1. The zero-order valence-corrected chi connectivity index (χ0v) is 11.4. The van der Waals surface area contributed by atoms with E-state index in [1.165, 1.54) is 11.1 Å². The van der Waals surface area contributed by atoms with Crippen molar-refractivity contribution < 1.29 is 4.79 Å². The fourth-order valence-corrected chi connectivity index (χ4v) is 2.09. The molecular weight excluding hydrogens is 234 g/mol. The molecule has 0 heterocycles. The van der Waals surface area contributed by atoms with Gasteiger partial charge in [-0.05, 0) is 48.7 Å². The highest BCUT2D eigenvalue weighted by molar-refractivity contribution is 5.94. The van der Waals surface area contributed by atoms with Crippen LogP contribution >= 0.6 is 0 Å². The van der Waals surface area contributed by atoms with E-state index >= 15 is 0 Å². The van der Waals surface area contributed by atoms with E-state index in [9.17, 15) is 4.79 Å². The number of carbonyl (C=O) groups is 1. The van der Waals surface area contributed by atoms with Crippen LogP contribution < -0.4 is 5.32 Å². The molecule has 2 aromatic rings. The maximum atomic E-state index is 11.2. The van der Waals surface area contributed by atoms with Gasteiger partial charge in [-0.2, -0.15) is 0 Å². The molecule has 98 valence electrons. The van der Waals surface area contributed by atoms with Crippen LogP contribution in [0.25, 0.3) is 0 Å². The largest absolute Gasteiger partial charge is 0.381 e. The molecule has 0 aliphatic heterocycles. The molecule has 0 saturated heterocycles. The maximum Gasteiger partial charge on any atom is 0.159 e. The van der Waals surface area contributed by atoms with Crippen LogP contribution in [0.15, 0.2) is 48.5 Å². The van der Waals surface area contributed by atoms with E-state index in [-0.39, 0.29) is 5.78 Å². The second-order valence-electron chi connectivity index (χ2n) is 4.61. The van der Waals surface area contributed by atoms with Crippen molar-refractivity contribution in [3.63, 3.8) is 0 Å². The van der Waals surface area contributed by atoms with E-state index in [2.05, 4.69) is 36.5 Å². The first kappa shape index (κ1) is 13.3. The van der Waals surface area contributed by atoms with Gasteiger partial charge in [0.25, 0.3) is 0 Å². The van der Waals surface area contributed by atoms with Crippen molar-refractivity contribution in [2.24, 2.45) is 0 Å². The molecule has 2 heteroatoms. The molecule has 0 spiro atoms. The van der Waals surface area contributed by atoms with Crippen LogP contribution in [0.3, 0.4) is 0 Å². The van der Waals surface area contributed by atoms with Crippen molar-refractivity contribution in [1.29, 1.82) is 0 Å². The number of carbonyl (C=O) groups excluding carboxylic acids is 1. The van der Waals surface area contributed by atoms with Crippen LogP contribution in [0.1, 0.15) is 35.3 Å². The van der Waals surface area contributed by atoms with Crippen molar-refractivity contribution in [1.82, 2.24) is 0 Å². The first-order chi connectivity index (χ1) is 9.20. The zero-order valence-electron chi connectivity index (χ0n) is 11.4. The molecule has 0 unspecified atom stereocenters. The minimum absolute atomic E-state index is 0.0999. The number of benzene rings is 2. The number of aryl methyl sites for hydroxylation is 1. The summed E-state index contributed by atoms with van der Waals surface area (Å²) in [4.78, 5) is 11.2. The topological polar surface area (TPSA) is 29.1 Å². The van der Waals surface area contributed by atoms with Gasteiger partial charge in [-0.15, -0.1) is 0 Å². The average molecular weight is 253 g/mol. The van der Waals surface area contributed by atoms with E-state index in [4.69, 9.17) is 0 Å². The Morgan fingerprint density at radius 1 is 1.00 bits per heavy atom. The van der Waals surface area contributed by atoms with Crippen LogP contribution in [0.2, 0.25) is 0 Å². The molecule has 0 aliphatic carbocycles. The summed E-state index contributed by atoms with van der Waals surface area (Å²) in [5, 5.41) is 3.39. The first-order valence-electron chi connectivity index (χ1n) is 6.62. The molecule has 0 aromatic heterocycles. The second kappa shape index (κ2) is 6.19. The summed E-state index contributed by atoms with van der Waals surface area (Å²) in [7, 11) is 0. The molecule has 19 heavy (non-hydrogen) atoms. The molecule has 0 radical (unpaired) electrons. The average Bonchev–Trinajstić information content (AvgIpc) is 2.45. The summed E-state index contributed by atoms with van der Waals surface area (Å²) < 4.78 is 0. The molecule has 0 saturated carbocycles. The number of Topliss-reactive ketones (excluding diaryl/α,β-unsaturated/α-hetero) is 1. The van der Waals surface area contributed by atoms with Crippen LogP contribution in [0.4, 0.5) is 5.69 Å². The van der Waals surface area contributed by atoms with Crippen molar-refractivity contribution in [2.45, 2.75) is 26.8 Å². The lowest BCUT2D eigenvalue weighted by molar-refractivity contribution is 0.101. The summed E-state index contributed by atoms with van der Waals surface area (Å²) in [6.45, 7) is 4.56. The van der Waals surface area contributed by atoms with E-state index in [0.29, 0.717) is 0 Å². The number of anilines is 1. The summed E-state index contributed by atoms with van der Waals surface area (Å²) in [6.07, 6.45) is 1.04. The molecule has 2 aromatic carbocycles. The molecule has 1 N–H and O–H groups in total. The van der Waals surface area contributed by atoms with E-state index < -0.39 is 0 Å². The minimum Gasteiger partial charge on any atom is -0.381 e. The summed E-state index contributed by atoms with van der Waals surface area (Å²) in [6, 6.07) is 16.1.